The summed E-state index contributed by atoms with van der Waals surface area (Å²) in [4.78, 5) is 4.49. The second-order valence-corrected chi connectivity index (χ2v) is 5.29. The predicted octanol–water partition coefficient (Wildman–Crippen LogP) is 4.71. The Morgan fingerprint density at radius 3 is 2.65 bits per heavy atom. The van der Waals surface area contributed by atoms with Crippen molar-refractivity contribution in [2.24, 2.45) is 0 Å². The number of ether oxygens (including phenoxy) is 1. The van der Waals surface area contributed by atoms with Gasteiger partial charge in [0.15, 0.2) is 6.61 Å². The third-order valence-electron chi connectivity index (χ3n) is 3.15. The molecule has 106 valence electrons. The Morgan fingerprint density at radius 2 is 2.00 bits per heavy atom. The van der Waals surface area contributed by atoms with E-state index >= 15 is 0 Å². The van der Waals surface area contributed by atoms with E-state index in [1.54, 1.807) is 12.1 Å². The summed E-state index contributed by atoms with van der Waals surface area (Å²) in [6, 6.07) is 6.40. The quantitative estimate of drug-likeness (QED) is 0.819. The number of hydrogen-bond acceptors (Lipinski definition) is 2. The van der Waals surface area contributed by atoms with Crippen molar-refractivity contribution in [2.45, 2.75) is 24.9 Å². The Bertz CT molecular complexity index is 653. The summed E-state index contributed by atoms with van der Waals surface area (Å²) in [5.74, 6) is 0.607. The minimum atomic E-state index is -4.35. The molecular formula is C14H11ClF3NO. The molecule has 1 heterocycles. The van der Waals surface area contributed by atoms with Crippen molar-refractivity contribution < 1.29 is 17.9 Å². The van der Waals surface area contributed by atoms with Crippen LogP contribution >= 0.6 is 11.6 Å². The molecule has 0 unspecified atom stereocenters. The molecule has 0 atom stereocenters. The van der Waals surface area contributed by atoms with Gasteiger partial charge in [0.2, 0.25) is 0 Å². The Kier molecular flexibility index (Phi) is 3.24. The molecule has 1 aliphatic rings. The van der Waals surface area contributed by atoms with Crippen LogP contribution in [0.5, 0.6) is 5.75 Å². The van der Waals surface area contributed by atoms with Gasteiger partial charge in [0.1, 0.15) is 5.75 Å². The Balaban J connectivity index is 1.90. The number of benzene rings is 1. The average Bonchev–Trinajstić information content (AvgIpc) is 3.20. The fourth-order valence-corrected chi connectivity index (χ4v) is 2.29. The lowest BCUT2D eigenvalue weighted by atomic mass is 10.1. The van der Waals surface area contributed by atoms with Crippen LogP contribution in [0.4, 0.5) is 13.2 Å². The lowest BCUT2D eigenvalue weighted by molar-refractivity contribution is -0.153. The molecule has 2 nitrogen and oxygen atoms in total. The number of alkyl halides is 3. The molecule has 0 spiro atoms. The zero-order valence-corrected chi connectivity index (χ0v) is 11.1. The molecular weight excluding hydrogens is 291 g/mol. The molecule has 0 amide bonds. The predicted molar refractivity (Wildman–Crippen MR) is 70.3 cm³/mol. The van der Waals surface area contributed by atoms with Crippen LogP contribution < -0.4 is 4.74 Å². The minimum absolute atomic E-state index is 0.137. The lowest BCUT2D eigenvalue weighted by Crippen LogP contribution is -2.19. The number of hydrogen-bond donors (Lipinski definition) is 0. The molecule has 0 N–H and O–H groups in total. The highest BCUT2D eigenvalue weighted by Crippen LogP contribution is 2.41. The van der Waals surface area contributed by atoms with Crippen LogP contribution in [-0.4, -0.2) is 17.8 Å². The summed E-state index contributed by atoms with van der Waals surface area (Å²) in [7, 11) is 0. The van der Waals surface area contributed by atoms with Gasteiger partial charge in [0, 0.05) is 17.0 Å². The maximum atomic E-state index is 12.1. The van der Waals surface area contributed by atoms with Crippen LogP contribution in [0.1, 0.15) is 24.5 Å². The van der Waals surface area contributed by atoms with E-state index in [0.29, 0.717) is 21.8 Å². The van der Waals surface area contributed by atoms with Gasteiger partial charge in [-0.15, -0.1) is 0 Å². The fraction of sp³-hybridized carbons (Fsp3) is 0.357. The van der Waals surface area contributed by atoms with Crippen molar-refractivity contribution in [2.75, 3.05) is 6.61 Å². The van der Waals surface area contributed by atoms with Gasteiger partial charge in [-0.05, 0) is 37.1 Å². The highest BCUT2D eigenvalue weighted by atomic mass is 35.5. The van der Waals surface area contributed by atoms with Gasteiger partial charge in [-0.1, -0.05) is 11.6 Å². The Labute approximate surface area is 118 Å². The summed E-state index contributed by atoms with van der Waals surface area (Å²) in [5.41, 5.74) is 1.63. The number of pyridine rings is 1. The van der Waals surface area contributed by atoms with Crippen LogP contribution in [0.2, 0.25) is 5.02 Å². The van der Waals surface area contributed by atoms with E-state index in [9.17, 15) is 13.2 Å². The van der Waals surface area contributed by atoms with Gasteiger partial charge < -0.3 is 4.74 Å². The fourth-order valence-electron chi connectivity index (χ4n) is 2.03. The third-order valence-corrected chi connectivity index (χ3v) is 3.46. The topological polar surface area (TPSA) is 22.1 Å². The van der Waals surface area contributed by atoms with E-state index in [-0.39, 0.29) is 5.75 Å². The summed E-state index contributed by atoms with van der Waals surface area (Å²) in [6.45, 7) is -1.32. The minimum Gasteiger partial charge on any atom is -0.484 e. The van der Waals surface area contributed by atoms with Gasteiger partial charge >= 0.3 is 6.18 Å². The first-order chi connectivity index (χ1) is 9.42. The molecule has 1 aromatic heterocycles. The second kappa shape index (κ2) is 4.81. The summed E-state index contributed by atoms with van der Waals surface area (Å²) >= 11 is 6.18. The maximum absolute atomic E-state index is 12.1. The first kappa shape index (κ1) is 13.5. The molecule has 0 radical (unpaired) electrons. The first-order valence-corrected chi connectivity index (χ1v) is 6.60. The summed E-state index contributed by atoms with van der Waals surface area (Å²) in [5, 5.41) is 1.10. The standard InChI is InChI=1S/C14H11ClF3NO/c15-11-6-13(8-1-2-8)19-12-4-3-9(5-10(11)12)20-7-14(16,17)18/h3-6,8H,1-2,7H2. The number of fused-ring (bicyclic) bond motifs is 1. The highest BCUT2D eigenvalue weighted by Gasteiger charge is 2.28. The van der Waals surface area contributed by atoms with E-state index in [2.05, 4.69) is 4.98 Å². The molecule has 3 rings (SSSR count). The van der Waals surface area contributed by atoms with E-state index in [4.69, 9.17) is 16.3 Å². The van der Waals surface area contributed by atoms with E-state index in [0.717, 1.165) is 18.5 Å². The summed E-state index contributed by atoms with van der Waals surface area (Å²) in [6.07, 6.45) is -2.13. The van der Waals surface area contributed by atoms with E-state index < -0.39 is 12.8 Å². The molecule has 0 aliphatic heterocycles. The van der Waals surface area contributed by atoms with Gasteiger partial charge in [-0.25, -0.2) is 0 Å². The van der Waals surface area contributed by atoms with Gasteiger partial charge in [0.05, 0.1) is 10.5 Å². The lowest BCUT2D eigenvalue weighted by Gasteiger charge is -2.10. The molecule has 1 aliphatic carbocycles. The van der Waals surface area contributed by atoms with Gasteiger partial charge in [0.25, 0.3) is 0 Å². The van der Waals surface area contributed by atoms with Crippen LogP contribution in [-0.2, 0) is 0 Å². The Hall–Kier alpha value is -1.49. The number of rotatable bonds is 3. The first-order valence-electron chi connectivity index (χ1n) is 6.22. The normalized spacial score (nSPS) is 15.6. The monoisotopic (exact) mass is 301 g/mol. The van der Waals surface area contributed by atoms with Crippen molar-refractivity contribution in [1.82, 2.24) is 4.98 Å². The zero-order chi connectivity index (χ0) is 14.3. The Morgan fingerprint density at radius 1 is 1.25 bits per heavy atom. The van der Waals surface area contributed by atoms with E-state index in [1.807, 2.05) is 0 Å². The SMILES string of the molecule is FC(F)(F)COc1ccc2nc(C3CC3)cc(Cl)c2c1. The van der Waals surface area contributed by atoms with Crippen LogP contribution in [0.25, 0.3) is 10.9 Å². The largest absolute Gasteiger partial charge is 0.484 e. The molecule has 0 saturated heterocycles. The third kappa shape index (κ3) is 2.98. The van der Waals surface area contributed by atoms with Crippen molar-refractivity contribution in [3.8, 4) is 5.75 Å². The van der Waals surface area contributed by atoms with Gasteiger partial charge in [-0.3, -0.25) is 4.98 Å². The molecule has 2 aromatic rings. The van der Waals surface area contributed by atoms with Gasteiger partial charge in [-0.2, -0.15) is 13.2 Å². The molecule has 20 heavy (non-hydrogen) atoms. The van der Waals surface area contributed by atoms with Crippen LogP contribution in [0.3, 0.4) is 0 Å². The maximum Gasteiger partial charge on any atom is 0.422 e. The average molecular weight is 302 g/mol. The van der Waals surface area contributed by atoms with Crippen molar-refractivity contribution in [1.29, 1.82) is 0 Å². The number of nitrogens with zero attached hydrogens (tertiary/aromatic N) is 1. The molecule has 0 bridgehead atoms. The molecule has 1 fully saturated rings. The highest BCUT2D eigenvalue weighted by molar-refractivity contribution is 6.35. The van der Waals surface area contributed by atoms with E-state index in [1.165, 1.54) is 12.1 Å². The smallest absolute Gasteiger partial charge is 0.422 e. The van der Waals surface area contributed by atoms with Crippen LogP contribution in [0.15, 0.2) is 24.3 Å². The van der Waals surface area contributed by atoms with Crippen molar-refractivity contribution >= 4 is 22.5 Å². The number of aromatic nitrogens is 1. The zero-order valence-electron chi connectivity index (χ0n) is 10.4. The number of halogens is 4. The second-order valence-electron chi connectivity index (χ2n) is 4.89. The van der Waals surface area contributed by atoms with Crippen LogP contribution in [0, 0.1) is 0 Å². The summed E-state index contributed by atoms with van der Waals surface area (Å²) < 4.78 is 41.1. The molecule has 1 aromatic carbocycles. The van der Waals surface area contributed by atoms with Crippen molar-refractivity contribution in [3.05, 3.63) is 35.0 Å². The molecule has 1 saturated carbocycles. The van der Waals surface area contributed by atoms with Crippen molar-refractivity contribution in [3.63, 3.8) is 0 Å². The molecule has 6 heteroatoms.